The lowest BCUT2D eigenvalue weighted by molar-refractivity contribution is 0.922. The zero-order valence-electron chi connectivity index (χ0n) is 10.2. The maximum Gasteiger partial charge on any atom is -0.0184 e. The van der Waals surface area contributed by atoms with Crippen LogP contribution in [-0.4, -0.2) is 0 Å². The second kappa shape index (κ2) is 6.84. The molecule has 0 unspecified atom stereocenters. The molecule has 0 bridgehead atoms. The Morgan fingerprint density at radius 3 is 2.44 bits per heavy atom. The first-order valence-electron chi connectivity index (χ1n) is 5.86. The fraction of sp³-hybridized carbons (Fsp3) is 0.250. The van der Waals surface area contributed by atoms with E-state index in [1.807, 2.05) is 25.2 Å². The SMILES string of the molecule is C=C/C(=C\C=C/C)c1ccc(CCC)cc1. The zero-order valence-corrected chi connectivity index (χ0v) is 10.2. The van der Waals surface area contributed by atoms with Crippen molar-refractivity contribution < 1.29 is 0 Å². The van der Waals surface area contributed by atoms with Gasteiger partial charge in [-0.15, -0.1) is 0 Å². The molecule has 0 heteroatoms. The molecule has 0 spiro atoms. The van der Waals surface area contributed by atoms with Gasteiger partial charge in [-0.1, -0.05) is 68.5 Å². The minimum Gasteiger partial charge on any atom is -0.0984 e. The van der Waals surface area contributed by atoms with Crippen molar-refractivity contribution in [3.05, 3.63) is 66.3 Å². The van der Waals surface area contributed by atoms with Gasteiger partial charge in [0.05, 0.1) is 0 Å². The Labute approximate surface area is 99.0 Å². The number of hydrogen-bond donors (Lipinski definition) is 0. The fourth-order valence-electron chi connectivity index (χ4n) is 1.63. The van der Waals surface area contributed by atoms with Crippen molar-refractivity contribution in [2.45, 2.75) is 26.7 Å². The van der Waals surface area contributed by atoms with Crippen molar-refractivity contribution in [1.82, 2.24) is 0 Å². The van der Waals surface area contributed by atoms with Gasteiger partial charge in [0.1, 0.15) is 0 Å². The van der Waals surface area contributed by atoms with E-state index in [4.69, 9.17) is 0 Å². The topological polar surface area (TPSA) is 0 Å². The van der Waals surface area contributed by atoms with Gasteiger partial charge in [0.15, 0.2) is 0 Å². The van der Waals surface area contributed by atoms with Gasteiger partial charge in [-0.25, -0.2) is 0 Å². The Hall–Kier alpha value is -1.56. The van der Waals surface area contributed by atoms with E-state index in [0.29, 0.717) is 0 Å². The summed E-state index contributed by atoms with van der Waals surface area (Å²) < 4.78 is 0. The molecule has 0 fully saturated rings. The quantitative estimate of drug-likeness (QED) is 0.616. The summed E-state index contributed by atoms with van der Waals surface area (Å²) in [7, 11) is 0. The average Bonchev–Trinajstić information content (AvgIpc) is 2.32. The van der Waals surface area contributed by atoms with Crippen molar-refractivity contribution in [2.24, 2.45) is 0 Å². The molecule has 84 valence electrons. The molecule has 1 rings (SSSR count). The molecule has 0 amide bonds. The summed E-state index contributed by atoms with van der Waals surface area (Å²) >= 11 is 0. The van der Waals surface area contributed by atoms with Crippen LogP contribution in [0.2, 0.25) is 0 Å². The van der Waals surface area contributed by atoms with Crippen LogP contribution in [0, 0.1) is 0 Å². The van der Waals surface area contributed by atoms with Gasteiger partial charge < -0.3 is 0 Å². The first kappa shape index (κ1) is 12.5. The second-order valence-electron chi connectivity index (χ2n) is 3.80. The molecule has 0 radical (unpaired) electrons. The summed E-state index contributed by atoms with van der Waals surface area (Å²) in [5.74, 6) is 0. The number of benzene rings is 1. The molecular formula is C16H20. The lowest BCUT2D eigenvalue weighted by Crippen LogP contribution is -1.85. The first-order valence-corrected chi connectivity index (χ1v) is 5.86. The first-order chi connectivity index (χ1) is 7.81. The van der Waals surface area contributed by atoms with Crippen molar-refractivity contribution in [3.63, 3.8) is 0 Å². The van der Waals surface area contributed by atoms with E-state index in [-0.39, 0.29) is 0 Å². The van der Waals surface area contributed by atoms with E-state index < -0.39 is 0 Å². The highest BCUT2D eigenvalue weighted by atomic mass is 14.0. The maximum absolute atomic E-state index is 3.85. The lowest BCUT2D eigenvalue weighted by Gasteiger charge is -2.03. The summed E-state index contributed by atoms with van der Waals surface area (Å²) in [4.78, 5) is 0. The normalized spacial score (nSPS) is 12.0. The minimum absolute atomic E-state index is 1.16. The predicted octanol–water partition coefficient (Wildman–Crippen LogP) is 4.78. The van der Waals surface area contributed by atoms with Crippen LogP contribution in [0.1, 0.15) is 31.4 Å². The predicted molar refractivity (Wildman–Crippen MR) is 73.4 cm³/mol. The molecule has 0 aromatic heterocycles. The molecule has 0 saturated heterocycles. The van der Waals surface area contributed by atoms with E-state index >= 15 is 0 Å². The standard InChI is InChI=1S/C16H20/c1-4-7-9-15(6-3)16-12-10-14(8-5-2)11-13-16/h4,6-7,9-13H,3,5,8H2,1-2H3/b7-4-,15-9+. The Morgan fingerprint density at radius 1 is 1.25 bits per heavy atom. The zero-order chi connectivity index (χ0) is 11.8. The number of rotatable bonds is 5. The Balaban J connectivity index is 2.90. The Morgan fingerprint density at radius 2 is 1.94 bits per heavy atom. The Bertz CT molecular complexity index is 377. The van der Waals surface area contributed by atoms with Gasteiger partial charge in [0, 0.05) is 0 Å². The molecule has 0 atom stereocenters. The van der Waals surface area contributed by atoms with Crippen molar-refractivity contribution in [3.8, 4) is 0 Å². The van der Waals surface area contributed by atoms with Crippen LogP contribution in [0.4, 0.5) is 0 Å². The van der Waals surface area contributed by atoms with Gasteiger partial charge in [0.2, 0.25) is 0 Å². The average molecular weight is 212 g/mol. The van der Waals surface area contributed by atoms with Crippen molar-refractivity contribution >= 4 is 5.57 Å². The van der Waals surface area contributed by atoms with Crippen LogP contribution in [0.3, 0.4) is 0 Å². The number of aryl methyl sites for hydroxylation is 1. The summed E-state index contributed by atoms with van der Waals surface area (Å²) in [5.41, 5.74) is 3.80. The molecule has 0 heterocycles. The van der Waals surface area contributed by atoms with Crippen LogP contribution in [0.25, 0.3) is 5.57 Å². The highest BCUT2D eigenvalue weighted by Crippen LogP contribution is 2.17. The van der Waals surface area contributed by atoms with Crippen molar-refractivity contribution in [2.75, 3.05) is 0 Å². The van der Waals surface area contributed by atoms with Gasteiger partial charge in [-0.05, 0) is 30.0 Å². The van der Waals surface area contributed by atoms with E-state index in [1.165, 1.54) is 23.1 Å². The fourth-order valence-corrected chi connectivity index (χ4v) is 1.63. The monoisotopic (exact) mass is 212 g/mol. The van der Waals surface area contributed by atoms with E-state index in [1.54, 1.807) is 0 Å². The van der Waals surface area contributed by atoms with Gasteiger partial charge in [0.25, 0.3) is 0 Å². The third-order valence-electron chi connectivity index (χ3n) is 2.51. The summed E-state index contributed by atoms with van der Waals surface area (Å²) in [6.45, 7) is 8.07. The summed E-state index contributed by atoms with van der Waals surface area (Å²) in [6.07, 6.45) is 10.4. The molecular weight excluding hydrogens is 192 g/mol. The second-order valence-corrected chi connectivity index (χ2v) is 3.80. The van der Waals surface area contributed by atoms with Gasteiger partial charge >= 0.3 is 0 Å². The van der Waals surface area contributed by atoms with Crippen LogP contribution in [-0.2, 0) is 6.42 Å². The van der Waals surface area contributed by atoms with E-state index in [2.05, 4.69) is 43.8 Å². The highest BCUT2D eigenvalue weighted by molar-refractivity contribution is 5.74. The summed E-state index contributed by atoms with van der Waals surface area (Å²) in [5, 5.41) is 0. The third-order valence-corrected chi connectivity index (χ3v) is 2.51. The van der Waals surface area contributed by atoms with Crippen LogP contribution < -0.4 is 0 Å². The van der Waals surface area contributed by atoms with Crippen LogP contribution in [0.15, 0.2) is 55.1 Å². The molecule has 0 nitrogen and oxygen atoms in total. The third kappa shape index (κ3) is 3.54. The highest BCUT2D eigenvalue weighted by Gasteiger charge is 1.96. The molecule has 0 aliphatic heterocycles. The summed E-state index contributed by atoms with van der Waals surface area (Å²) in [6, 6.07) is 8.74. The van der Waals surface area contributed by atoms with Gasteiger partial charge in [-0.3, -0.25) is 0 Å². The van der Waals surface area contributed by atoms with E-state index in [0.717, 1.165) is 6.42 Å². The molecule has 1 aromatic carbocycles. The smallest absolute Gasteiger partial charge is 0.0184 e. The molecule has 0 aliphatic rings. The maximum atomic E-state index is 3.85. The largest absolute Gasteiger partial charge is 0.0984 e. The number of allylic oxidation sites excluding steroid dienone is 5. The molecule has 1 aromatic rings. The lowest BCUT2D eigenvalue weighted by atomic mass is 10.0. The minimum atomic E-state index is 1.16. The number of hydrogen-bond acceptors (Lipinski definition) is 0. The molecule has 0 saturated carbocycles. The molecule has 0 aliphatic carbocycles. The van der Waals surface area contributed by atoms with Crippen LogP contribution >= 0.6 is 0 Å². The Kier molecular flexibility index (Phi) is 5.35. The van der Waals surface area contributed by atoms with Crippen LogP contribution in [0.5, 0.6) is 0 Å². The van der Waals surface area contributed by atoms with E-state index in [9.17, 15) is 0 Å². The molecule has 0 N–H and O–H groups in total. The molecule has 16 heavy (non-hydrogen) atoms. The van der Waals surface area contributed by atoms with Gasteiger partial charge in [-0.2, -0.15) is 0 Å². The van der Waals surface area contributed by atoms with Crippen molar-refractivity contribution in [1.29, 1.82) is 0 Å².